The Labute approximate surface area is 155 Å². The lowest BCUT2D eigenvalue weighted by Gasteiger charge is -2.35. The van der Waals surface area contributed by atoms with Gasteiger partial charge in [-0.25, -0.2) is 0 Å². The molecule has 1 amide bonds. The molecule has 1 saturated carbocycles. The van der Waals surface area contributed by atoms with Gasteiger partial charge in [-0.2, -0.15) is 0 Å². The Bertz CT molecular complexity index is 577. The molecule has 3 atom stereocenters. The lowest BCUT2D eigenvalue weighted by molar-refractivity contribution is -0.123. The van der Waals surface area contributed by atoms with Gasteiger partial charge >= 0.3 is 0 Å². The number of amides is 1. The molecule has 0 unspecified atom stereocenters. The quantitative estimate of drug-likeness (QED) is 0.555. The first-order valence-electron chi connectivity index (χ1n) is 9.06. The second-order valence-corrected chi connectivity index (χ2v) is 7.21. The molecular weight excluding hydrogens is 334 g/mol. The lowest BCUT2D eigenvalue weighted by atomic mass is 9.78. The highest BCUT2D eigenvalue weighted by Gasteiger charge is 2.27. The number of rotatable bonds is 5. The number of hydrogen-bond acceptors (Lipinski definition) is 3. The third-order valence-corrected chi connectivity index (χ3v) is 5.26. The Morgan fingerprint density at radius 2 is 1.92 bits per heavy atom. The molecule has 0 aromatic heterocycles. The van der Waals surface area contributed by atoms with Crippen LogP contribution in [0.25, 0.3) is 0 Å². The minimum absolute atomic E-state index is 0.0576. The zero-order valence-corrected chi connectivity index (χ0v) is 16.1. The molecule has 25 heavy (non-hydrogen) atoms. The summed E-state index contributed by atoms with van der Waals surface area (Å²) in [6.07, 6.45) is 4.57. The summed E-state index contributed by atoms with van der Waals surface area (Å²) in [7, 11) is 0. The highest BCUT2D eigenvalue weighted by Crippen LogP contribution is 2.29. The minimum Gasteiger partial charge on any atom is -0.484 e. The first-order valence-corrected chi connectivity index (χ1v) is 9.47. The molecule has 0 saturated heterocycles. The molecule has 1 aromatic carbocycles. The average molecular weight is 364 g/mol. The van der Waals surface area contributed by atoms with E-state index in [1.165, 1.54) is 18.4 Å². The highest BCUT2D eigenvalue weighted by atomic mass is 32.1. The van der Waals surface area contributed by atoms with E-state index in [9.17, 15) is 4.79 Å². The van der Waals surface area contributed by atoms with Crippen LogP contribution in [0, 0.1) is 11.8 Å². The van der Waals surface area contributed by atoms with Gasteiger partial charge in [-0.3, -0.25) is 15.6 Å². The summed E-state index contributed by atoms with van der Waals surface area (Å²) in [5.41, 5.74) is 6.57. The summed E-state index contributed by atoms with van der Waals surface area (Å²) in [6, 6.07) is 8.09. The van der Waals surface area contributed by atoms with Crippen LogP contribution in [-0.2, 0) is 11.2 Å². The number of carbonyl (C=O) groups is 1. The molecule has 1 aliphatic carbocycles. The largest absolute Gasteiger partial charge is 0.484 e. The van der Waals surface area contributed by atoms with Gasteiger partial charge in [0.1, 0.15) is 5.75 Å². The van der Waals surface area contributed by atoms with Gasteiger partial charge in [-0.1, -0.05) is 45.7 Å². The molecule has 0 spiro atoms. The van der Waals surface area contributed by atoms with Crippen LogP contribution in [0.3, 0.4) is 0 Å². The molecule has 0 radical (unpaired) electrons. The molecule has 6 heteroatoms. The summed E-state index contributed by atoms with van der Waals surface area (Å²) < 4.78 is 5.46. The molecule has 0 bridgehead atoms. The van der Waals surface area contributed by atoms with Gasteiger partial charge in [0.15, 0.2) is 11.7 Å². The average Bonchev–Trinajstić information content (AvgIpc) is 2.62. The maximum Gasteiger partial charge on any atom is 0.276 e. The fourth-order valence-corrected chi connectivity index (χ4v) is 3.33. The van der Waals surface area contributed by atoms with Gasteiger partial charge in [0.25, 0.3) is 5.91 Å². The van der Waals surface area contributed by atoms with E-state index in [0.717, 1.165) is 12.8 Å². The van der Waals surface area contributed by atoms with E-state index in [-0.39, 0.29) is 12.5 Å². The fraction of sp³-hybridized carbons (Fsp3) is 0.579. The fourth-order valence-electron chi connectivity index (χ4n) is 3.12. The third kappa shape index (κ3) is 6.20. The van der Waals surface area contributed by atoms with E-state index in [4.69, 9.17) is 17.0 Å². The van der Waals surface area contributed by atoms with Crippen molar-refractivity contribution in [1.82, 2.24) is 16.2 Å². The monoisotopic (exact) mass is 363 g/mol. The molecule has 0 aliphatic heterocycles. The van der Waals surface area contributed by atoms with Crippen LogP contribution >= 0.6 is 12.2 Å². The van der Waals surface area contributed by atoms with Crippen molar-refractivity contribution in [2.24, 2.45) is 11.8 Å². The Morgan fingerprint density at radius 1 is 1.20 bits per heavy atom. The molecule has 2 rings (SSSR count). The molecule has 1 aliphatic rings. The van der Waals surface area contributed by atoms with Crippen LogP contribution in [0.1, 0.15) is 45.6 Å². The summed E-state index contributed by atoms with van der Waals surface area (Å²) >= 11 is 5.27. The van der Waals surface area contributed by atoms with Gasteiger partial charge in [0, 0.05) is 6.04 Å². The summed E-state index contributed by atoms with van der Waals surface area (Å²) in [5.74, 6) is 1.67. The summed E-state index contributed by atoms with van der Waals surface area (Å²) in [4.78, 5) is 11.9. The smallest absolute Gasteiger partial charge is 0.276 e. The number of ether oxygens (including phenoxy) is 1. The Kier molecular flexibility index (Phi) is 7.50. The number of nitrogens with one attached hydrogen (secondary N) is 3. The topological polar surface area (TPSA) is 62.4 Å². The predicted octanol–water partition coefficient (Wildman–Crippen LogP) is 2.95. The molecule has 138 valence electrons. The number of thiocarbonyl (C=S) groups is 1. The summed E-state index contributed by atoms with van der Waals surface area (Å²) in [5, 5.41) is 3.76. The molecule has 1 fully saturated rings. The Morgan fingerprint density at radius 3 is 2.60 bits per heavy atom. The van der Waals surface area contributed by atoms with Crippen molar-refractivity contribution >= 4 is 23.2 Å². The van der Waals surface area contributed by atoms with Crippen LogP contribution < -0.4 is 20.9 Å². The van der Waals surface area contributed by atoms with Crippen molar-refractivity contribution in [3.05, 3.63) is 29.8 Å². The van der Waals surface area contributed by atoms with Crippen LogP contribution in [-0.4, -0.2) is 23.7 Å². The van der Waals surface area contributed by atoms with Crippen LogP contribution in [0.5, 0.6) is 5.75 Å². The van der Waals surface area contributed by atoms with Crippen molar-refractivity contribution in [2.75, 3.05) is 6.61 Å². The second kappa shape index (κ2) is 9.61. The third-order valence-electron chi connectivity index (χ3n) is 5.04. The van der Waals surface area contributed by atoms with E-state index in [1.807, 2.05) is 24.3 Å². The van der Waals surface area contributed by atoms with Crippen molar-refractivity contribution in [2.45, 2.75) is 52.5 Å². The van der Waals surface area contributed by atoms with Gasteiger partial charge < -0.3 is 10.1 Å². The molecule has 0 heterocycles. The van der Waals surface area contributed by atoms with Crippen molar-refractivity contribution in [3.8, 4) is 5.75 Å². The van der Waals surface area contributed by atoms with Gasteiger partial charge in [0.2, 0.25) is 0 Å². The number of benzene rings is 1. The Hall–Kier alpha value is -1.82. The predicted molar refractivity (Wildman–Crippen MR) is 104 cm³/mol. The number of aryl methyl sites for hydroxylation is 1. The van der Waals surface area contributed by atoms with E-state index in [1.54, 1.807) is 0 Å². The Balaban J connectivity index is 1.67. The number of hydrogen-bond donors (Lipinski definition) is 3. The normalized spacial score (nSPS) is 22.8. The van der Waals surface area contributed by atoms with Crippen molar-refractivity contribution in [1.29, 1.82) is 0 Å². The molecule has 5 nitrogen and oxygen atoms in total. The number of carbonyl (C=O) groups excluding carboxylic acids is 1. The lowest BCUT2D eigenvalue weighted by Crippen LogP contribution is -2.53. The minimum atomic E-state index is -0.270. The molecule has 1 aromatic rings. The van der Waals surface area contributed by atoms with Crippen molar-refractivity contribution in [3.63, 3.8) is 0 Å². The van der Waals surface area contributed by atoms with Crippen molar-refractivity contribution < 1.29 is 9.53 Å². The second-order valence-electron chi connectivity index (χ2n) is 6.81. The SMILES string of the molecule is CCc1ccc(OCC(=O)NNC(=S)N[C@H]2CCC[C@H](C)[C@@H]2C)cc1. The van der Waals surface area contributed by atoms with Crippen LogP contribution in [0.4, 0.5) is 0 Å². The standard InChI is InChI=1S/C19H29N3O2S/c1-4-15-8-10-16(11-9-15)24-12-18(23)21-22-19(25)20-17-7-5-6-13(2)14(17)3/h8-11,13-14,17H,4-7,12H2,1-3H3,(H,21,23)(H2,20,22,25)/t13-,14-,17-/m0/s1. The van der Waals surface area contributed by atoms with E-state index >= 15 is 0 Å². The maximum absolute atomic E-state index is 11.9. The zero-order chi connectivity index (χ0) is 18.2. The van der Waals surface area contributed by atoms with E-state index in [0.29, 0.717) is 28.7 Å². The molecular formula is C19H29N3O2S. The van der Waals surface area contributed by atoms with Gasteiger partial charge in [0.05, 0.1) is 0 Å². The highest BCUT2D eigenvalue weighted by molar-refractivity contribution is 7.80. The summed E-state index contributed by atoms with van der Waals surface area (Å²) in [6.45, 7) is 6.57. The number of hydrazine groups is 1. The first-order chi connectivity index (χ1) is 12.0. The van der Waals surface area contributed by atoms with Gasteiger partial charge in [-0.05, 0) is 54.6 Å². The first kappa shape index (κ1) is 19.5. The van der Waals surface area contributed by atoms with E-state index < -0.39 is 0 Å². The van der Waals surface area contributed by atoms with Crippen LogP contribution in [0.2, 0.25) is 0 Å². The molecule has 3 N–H and O–H groups in total. The zero-order valence-electron chi connectivity index (χ0n) is 15.3. The maximum atomic E-state index is 11.9. The van der Waals surface area contributed by atoms with Gasteiger partial charge in [-0.15, -0.1) is 0 Å². The van der Waals surface area contributed by atoms with E-state index in [2.05, 4.69) is 36.9 Å². The van der Waals surface area contributed by atoms with Crippen LogP contribution in [0.15, 0.2) is 24.3 Å².